The number of rotatable bonds is 7. The Morgan fingerprint density at radius 2 is 1.62 bits per heavy atom. The van der Waals surface area contributed by atoms with Gasteiger partial charge in [-0.15, -0.1) is 0 Å². The number of anilines is 3. The average Bonchev–Trinajstić information content (AvgIpc) is 3.05. The van der Waals surface area contributed by atoms with E-state index in [4.69, 9.17) is 0 Å². The van der Waals surface area contributed by atoms with Gasteiger partial charge in [-0.3, -0.25) is 9.78 Å². The molecule has 2 N–H and O–H groups in total. The highest BCUT2D eigenvalue weighted by Gasteiger charge is 2.31. The van der Waals surface area contributed by atoms with Gasteiger partial charge in [0.25, 0.3) is 5.91 Å². The van der Waals surface area contributed by atoms with Gasteiger partial charge in [0.1, 0.15) is 17.5 Å². The number of hydrogen-bond acceptors (Lipinski definition) is 7. The lowest BCUT2D eigenvalue weighted by atomic mass is 10.0. The molecule has 11 heteroatoms. The number of alkyl halides is 3. The first-order chi connectivity index (χ1) is 21.7. The SMILES string of the molecule is Cc1cc(Nc2cc(C(F)(F)F)ccn2)nc(-c2ccc(NC3CCN(C(=O)c4cccc(-c5ccncc5)c4)CC3)nc2)c1. The number of likely N-dealkylation sites (tertiary alicyclic amines) is 1. The van der Waals surface area contributed by atoms with Gasteiger partial charge in [0.05, 0.1) is 11.3 Å². The quantitative estimate of drug-likeness (QED) is 0.199. The molecule has 5 aromatic rings. The molecule has 45 heavy (non-hydrogen) atoms. The van der Waals surface area contributed by atoms with Crippen LogP contribution >= 0.6 is 0 Å². The van der Waals surface area contributed by atoms with Crippen LogP contribution in [0.2, 0.25) is 0 Å². The summed E-state index contributed by atoms with van der Waals surface area (Å²) in [6, 6.07) is 21.0. The second kappa shape index (κ2) is 12.7. The Balaban J connectivity index is 1.06. The van der Waals surface area contributed by atoms with Crippen molar-refractivity contribution in [2.45, 2.75) is 32.0 Å². The van der Waals surface area contributed by atoms with Crippen LogP contribution in [0.4, 0.5) is 30.6 Å². The molecule has 1 fully saturated rings. The van der Waals surface area contributed by atoms with Crippen LogP contribution in [0.3, 0.4) is 0 Å². The lowest BCUT2D eigenvalue weighted by Crippen LogP contribution is -2.42. The van der Waals surface area contributed by atoms with Crippen LogP contribution in [0, 0.1) is 6.92 Å². The van der Waals surface area contributed by atoms with Gasteiger partial charge in [0.2, 0.25) is 0 Å². The predicted molar refractivity (Wildman–Crippen MR) is 167 cm³/mol. The Labute approximate surface area is 258 Å². The van der Waals surface area contributed by atoms with E-state index in [9.17, 15) is 18.0 Å². The normalized spacial score (nSPS) is 13.8. The van der Waals surface area contributed by atoms with E-state index in [2.05, 4.69) is 30.6 Å². The van der Waals surface area contributed by atoms with Crippen molar-refractivity contribution in [3.63, 3.8) is 0 Å². The molecule has 8 nitrogen and oxygen atoms in total. The van der Waals surface area contributed by atoms with Crippen molar-refractivity contribution in [2.24, 2.45) is 0 Å². The van der Waals surface area contributed by atoms with Gasteiger partial charge in [-0.1, -0.05) is 12.1 Å². The Morgan fingerprint density at radius 1 is 0.822 bits per heavy atom. The molecule has 0 saturated carbocycles. The summed E-state index contributed by atoms with van der Waals surface area (Å²) >= 11 is 0. The molecule has 0 atom stereocenters. The third-order valence-electron chi connectivity index (χ3n) is 7.63. The maximum absolute atomic E-state index is 13.2. The Hall–Kier alpha value is -5.32. The van der Waals surface area contributed by atoms with Crippen LogP contribution in [0.5, 0.6) is 0 Å². The molecule has 1 aliphatic heterocycles. The zero-order valence-corrected chi connectivity index (χ0v) is 24.4. The maximum Gasteiger partial charge on any atom is 0.416 e. The van der Waals surface area contributed by atoms with E-state index in [0.29, 0.717) is 36.0 Å². The van der Waals surface area contributed by atoms with Crippen LogP contribution < -0.4 is 10.6 Å². The van der Waals surface area contributed by atoms with E-state index < -0.39 is 11.7 Å². The molecule has 1 aromatic carbocycles. The fourth-order valence-corrected chi connectivity index (χ4v) is 5.31. The van der Waals surface area contributed by atoms with Crippen molar-refractivity contribution in [1.29, 1.82) is 0 Å². The van der Waals surface area contributed by atoms with Crippen LogP contribution in [0.25, 0.3) is 22.4 Å². The van der Waals surface area contributed by atoms with Crippen molar-refractivity contribution < 1.29 is 18.0 Å². The van der Waals surface area contributed by atoms with E-state index in [0.717, 1.165) is 53.4 Å². The van der Waals surface area contributed by atoms with Crippen LogP contribution in [-0.2, 0) is 6.18 Å². The lowest BCUT2D eigenvalue weighted by Gasteiger charge is -2.32. The number of halogens is 3. The van der Waals surface area contributed by atoms with Gasteiger partial charge < -0.3 is 15.5 Å². The summed E-state index contributed by atoms with van der Waals surface area (Å²) < 4.78 is 39.3. The van der Waals surface area contributed by atoms with Crippen LogP contribution in [0.1, 0.15) is 34.3 Å². The first kappa shape index (κ1) is 29.7. The third-order valence-corrected chi connectivity index (χ3v) is 7.63. The number of carbonyl (C=O) groups is 1. The van der Waals surface area contributed by atoms with E-state index in [1.165, 1.54) is 0 Å². The van der Waals surface area contributed by atoms with Crippen molar-refractivity contribution >= 4 is 23.4 Å². The second-order valence-electron chi connectivity index (χ2n) is 10.9. The van der Waals surface area contributed by atoms with Crippen LogP contribution in [0.15, 0.2) is 97.6 Å². The number of aromatic nitrogens is 4. The van der Waals surface area contributed by atoms with Crippen molar-refractivity contribution in [1.82, 2.24) is 24.8 Å². The fourth-order valence-electron chi connectivity index (χ4n) is 5.31. The monoisotopic (exact) mass is 609 g/mol. The number of nitrogens with zero attached hydrogens (tertiary/aromatic N) is 5. The van der Waals surface area contributed by atoms with Crippen molar-refractivity contribution in [3.05, 3.63) is 114 Å². The maximum atomic E-state index is 13.2. The topological polar surface area (TPSA) is 95.9 Å². The molecule has 0 bridgehead atoms. The molecule has 5 heterocycles. The average molecular weight is 610 g/mol. The van der Waals surface area contributed by atoms with Gasteiger partial charge in [0, 0.05) is 55.0 Å². The van der Waals surface area contributed by atoms with Gasteiger partial charge in [-0.05, 0) is 97.1 Å². The zero-order chi connectivity index (χ0) is 31.4. The smallest absolute Gasteiger partial charge is 0.367 e. The molecule has 1 aliphatic rings. The van der Waals surface area contributed by atoms with Crippen LogP contribution in [-0.4, -0.2) is 49.9 Å². The summed E-state index contributed by atoms with van der Waals surface area (Å²) in [6.07, 6.45) is 3.42. The fraction of sp³-hybridized carbons (Fsp3) is 0.206. The largest absolute Gasteiger partial charge is 0.416 e. The number of carbonyl (C=O) groups excluding carboxylic acids is 1. The molecule has 228 valence electrons. The van der Waals surface area contributed by atoms with E-state index in [1.54, 1.807) is 24.7 Å². The highest BCUT2D eigenvalue weighted by Crippen LogP contribution is 2.31. The number of piperidine rings is 1. The lowest BCUT2D eigenvalue weighted by molar-refractivity contribution is -0.137. The molecule has 1 saturated heterocycles. The molecule has 0 radical (unpaired) electrons. The summed E-state index contributed by atoms with van der Waals surface area (Å²) in [5.41, 5.74) is 4.15. The highest BCUT2D eigenvalue weighted by atomic mass is 19.4. The Morgan fingerprint density at radius 3 is 2.36 bits per heavy atom. The summed E-state index contributed by atoms with van der Waals surface area (Å²) in [4.78, 5) is 32.4. The van der Waals surface area contributed by atoms with Gasteiger partial charge >= 0.3 is 6.18 Å². The predicted octanol–water partition coefficient (Wildman–Crippen LogP) is 7.39. The van der Waals surface area contributed by atoms with E-state index in [-0.39, 0.29) is 17.8 Å². The minimum Gasteiger partial charge on any atom is -0.367 e. The number of pyridine rings is 4. The first-order valence-corrected chi connectivity index (χ1v) is 14.5. The Bertz CT molecular complexity index is 1790. The molecule has 6 rings (SSSR count). The summed E-state index contributed by atoms with van der Waals surface area (Å²) in [6.45, 7) is 3.16. The first-order valence-electron chi connectivity index (χ1n) is 14.5. The molecular weight excluding hydrogens is 579 g/mol. The molecule has 0 spiro atoms. The minimum absolute atomic E-state index is 0.0233. The molecule has 1 amide bonds. The third kappa shape index (κ3) is 7.26. The number of benzene rings is 1. The summed E-state index contributed by atoms with van der Waals surface area (Å²) in [5.74, 6) is 1.17. The standard InChI is InChI=1S/C34H30F3N7O/c1-22-17-29(42-32(18-22)43-31-20-27(9-14-39-31)34(35,36)37)26-5-6-30(40-21-26)41-28-10-15-44(16-11-28)33(45)25-4-2-3-24(19-25)23-7-12-38-13-8-23/h2-9,12-14,17-21,28H,10-11,15-16H2,1H3,(H,40,41)(H,39,42,43). The Kier molecular flexibility index (Phi) is 8.41. The number of hydrogen-bond donors (Lipinski definition) is 2. The second-order valence-corrected chi connectivity index (χ2v) is 10.9. The van der Waals surface area contributed by atoms with Crippen molar-refractivity contribution in [2.75, 3.05) is 23.7 Å². The van der Waals surface area contributed by atoms with Gasteiger partial charge in [-0.25, -0.2) is 15.0 Å². The zero-order valence-electron chi connectivity index (χ0n) is 24.4. The van der Waals surface area contributed by atoms with Crippen molar-refractivity contribution in [3.8, 4) is 22.4 Å². The minimum atomic E-state index is -4.46. The van der Waals surface area contributed by atoms with Gasteiger partial charge in [0.15, 0.2) is 0 Å². The highest BCUT2D eigenvalue weighted by molar-refractivity contribution is 5.95. The van der Waals surface area contributed by atoms with Gasteiger partial charge in [-0.2, -0.15) is 13.2 Å². The van der Waals surface area contributed by atoms with E-state index in [1.807, 2.05) is 66.4 Å². The molecular formula is C34H30F3N7O. The number of amides is 1. The molecule has 0 aliphatic carbocycles. The van der Waals surface area contributed by atoms with E-state index >= 15 is 0 Å². The molecule has 0 unspecified atom stereocenters. The summed E-state index contributed by atoms with van der Waals surface area (Å²) in [5, 5.41) is 6.35. The molecule has 4 aromatic heterocycles. The number of nitrogens with one attached hydrogen (secondary N) is 2. The summed E-state index contributed by atoms with van der Waals surface area (Å²) in [7, 11) is 0. The number of aryl methyl sites for hydroxylation is 1.